The highest BCUT2D eigenvalue weighted by Crippen LogP contribution is 2.32. The lowest BCUT2D eigenvalue weighted by Gasteiger charge is -2.25. The zero-order chi connectivity index (χ0) is 26.0. The van der Waals surface area contributed by atoms with E-state index >= 15 is 0 Å². The van der Waals surface area contributed by atoms with Crippen molar-refractivity contribution in [3.63, 3.8) is 0 Å². The summed E-state index contributed by atoms with van der Waals surface area (Å²) in [6, 6.07) is 11.5. The number of allylic oxidation sites excluding steroid dienone is 1. The van der Waals surface area contributed by atoms with E-state index in [1.54, 1.807) is 39.0 Å². The molecule has 36 heavy (non-hydrogen) atoms. The van der Waals surface area contributed by atoms with E-state index in [2.05, 4.69) is 4.99 Å². The normalized spacial score (nSPS) is 15.5. The van der Waals surface area contributed by atoms with Gasteiger partial charge in [0.05, 0.1) is 41.7 Å². The predicted octanol–water partition coefficient (Wildman–Crippen LogP) is 3.30. The standard InChI is InChI=1S/C27H28N2O6S/c1-6-34-19-10-8-18(9-11-19)24-23(26(32)35-15(2)3)16(4)28-27-29(24)25(31)22(36-27)14-17-7-12-20(30)21(13-17)33-5/h7-15,24,30H,6H2,1-5H3/b22-14+/t24-/m0/s1. The Morgan fingerprint density at radius 3 is 2.58 bits per heavy atom. The van der Waals surface area contributed by atoms with Crippen LogP contribution in [0.4, 0.5) is 0 Å². The molecule has 4 rings (SSSR count). The quantitative estimate of drug-likeness (QED) is 0.492. The van der Waals surface area contributed by atoms with Gasteiger partial charge in [0, 0.05) is 0 Å². The molecule has 1 aliphatic heterocycles. The van der Waals surface area contributed by atoms with Gasteiger partial charge < -0.3 is 19.3 Å². The molecular weight excluding hydrogens is 480 g/mol. The predicted molar refractivity (Wildman–Crippen MR) is 137 cm³/mol. The van der Waals surface area contributed by atoms with Crippen molar-refractivity contribution < 1.29 is 24.1 Å². The second-order valence-corrected chi connectivity index (χ2v) is 9.48. The fourth-order valence-corrected chi connectivity index (χ4v) is 5.07. The summed E-state index contributed by atoms with van der Waals surface area (Å²) in [7, 11) is 1.46. The van der Waals surface area contributed by atoms with Gasteiger partial charge in [0.2, 0.25) is 0 Å². The van der Waals surface area contributed by atoms with Crippen LogP contribution in [0.1, 0.15) is 44.9 Å². The summed E-state index contributed by atoms with van der Waals surface area (Å²) in [5.74, 6) is 0.499. The van der Waals surface area contributed by atoms with E-state index in [4.69, 9.17) is 14.2 Å². The molecule has 1 atom stereocenters. The van der Waals surface area contributed by atoms with Crippen molar-refractivity contribution in [1.82, 2.24) is 4.57 Å². The average Bonchev–Trinajstić information content (AvgIpc) is 3.14. The number of nitrogens with zero attached hydrogens (tertiary/aromatic N) is 2. The molecule has 0 amide bonds. The minimum atomic E-state index is -0.709. The maximum absolute atomic E-state index is 13.7. The second-order valence-electron chi connectivity index (χ2n) is 8.47. The number of carbonyl (C=O) groups is 1. The molecular formula is C27H28N2O6S. The molecule has 1 aromatic heterocycles. The van der Waals surface area contributed by atoms with E-state index < -0.39 is 12.0 Å². The maximum Gasteiger partial charge on any atom is 0.338 e. The number of phenolic OH excluding ortho intramolecular Hbond substituents is 1. The van der Waals surface area contributed by atoms with Gasteiger partial charge in [-0.05, 0) is 69.2 Å². The van der Waals surface area contributed by atoms with Crippen molar-refractivity contribution in [3.05, 3.63) is 84.5 Å². The van der Waals surface area contributed by atoms with E-state index in [0.29, 0.717) is 44.3 Å². The number of hydrogen-bond acceptors (Lipinski definition) is 8. The van der Waals surface area contributed by atoms with Gasteiger partial charge in [-0.2, -0.15) is 0 Å². The number of carbonyl (C=O) groups excluding carboxylic acids is 1. The van der Waals surface area contributed by atoms with Gasteiger partial charge in [0.25, 0.3) is 5.56 Å². The summed E-state index contributed by atoms with van der Waals surface area (Å²) in [4.78, 5) is 31.9. The van der Waals surface area contributed by atoms with Crippen molar-refractivity contribution in [1.29, 1.82) is 0 Å². The van der Waals surface area contributed by atoms with E-state index in [1.165, 1.54) is 29.1 Å². The third kappa shape index (κ3) is 4.92. The molecule has 0 saturated carbocycles. The fraction of sp³-hybridized carbons (Fsp3) is 0.296. The molecule has 0 fully saturated rings. The Hall–Kier alpha value is -3.85. The molecule has 0 unspecified atom stereocenters. The molecule has 0 saturated heterocycles. The number of benzene rings is 2. The van der Waals surface area contributed by atoms with Crippen LogP contribution in [-0.2, 0) is 9.53 Å². The molecule has 0 radical (unpaired) electrons. The minimum Gasteiger partial charge on any atom is -0.504 e. The van der Waals surface area contributed by atoms with Gasteiger partial charge in [0.1, 0.15) is 5.75 Å². The van der Waals surface area contributed by atoms with Crippen LogP contribution in [0.25, 0.3) is 6.08 Å². The number of aromatic hydroxyl groups is 1. The van der Waals surface area contributed by atoms with Gasteiger partial charge in [0.15, 0.2) is 16.3 Å². The highest BCUT2D eigenvalue weighted by molar-refractivity contribution is 7.07. The molecule has 1 N–H and O–H groups in total. The number of esters is 1. The third-order valence-corrected chi connectivity index (χ3v) is 6.58. The Balaban J connectivity index is 1.90. The highest BCUT2D eigenvalue weighted by Gasteiger charge is 2.33. The molecule has 2 heterocycles. The van der Waals surface area contributed by atoms with Crippen LogP contribution in [0.15, 0.2) is 63.5 Å². The van der Waals surface area contributed by atoms with Gasteiger partial charge in [-0.1, -0.05) is 29.5 Å². The van der Waals surface area contributed by atoms with Crippen LogP contribution in [0.5, 0.6) is 17.2 Å². The third-order valence-electron chi connectivity index (χ3n) is 5.59. The summed E-state index contributed by atoms with van der Waals surface area (Å²) in [5, 5.41) is 9.90. The summed E-state index contributed by atoms with van der Waals surface area (Å²) in [5.41, 5.74) is 1.95. The highest BCUT2D eigenvalue weighted by atomic mass is 32.1. The smallest absolute Gasteiger partial charge is 0.338 e. The van der Waals surface area contributed by atoms with Crippen LogP contribution >= 0.6 is 11.3 Å². The summed E-state index contributed by atoms with van der Waals surface area (Å²) in [6.45, 7) is 7.74. The van der Waals surface area contributed by atoms with E-state index in [9.17, 15) is 14.7 Å². The van der Waals surface area contributed by atoms with Crippen LogP contribution in [0.2, 0.25) is 0 Å². The monoisotopic (exact) mass is 508 g/mol. The molecule has 0 spiro atoms. The number of fused-ring (bicyclic) bond motifs is 1. The lowest BCUT2D eigenvalue weighted by molar-refractivity contribution is -0.143. The molecule has 188 valence electrons. The lowest BCUT2D eigenvalue weighted by Crippen LogP contribution is -2.40. The molecule has 3 aromatic rings. The maximum atomic E-state index is 13.7. The molecule has 1 aliphatic rings. The SMILES string of the molecule is CCOc1ccc([C@H]2C(C(=O)OC(C)C)=C(C)N=c3s/c(=C/c4ccc(O)c(OC)c4)c(=O)n32)cc1. The Kier molecular flexibility index (Phi) is 7.30. The van der Waals surface area contributed by atoms with Crippen LogP contribution in [-0.4, -0.2) is 35.5 Å². The number of rotatable bonds is 7. The topological polar surface area (TPSA) is 99.4 Å². The Morgan fingerprint density at radius 2 is 1.94 bits per heavy atom. The van der Waals surface area contributed by atoms with Crippen molar-refractivity contribution in [2.45, 2.75) is 39.8 Å². The Morgan fingerprint density at radius 1 is 1.22 bits per heavy atom. The summed E-state index contributed by atoms with van der Waals surface area (Å²) < 4.78 is 18.3. The van der Waals surface area contributed by atoms with E-state index in [1.807, 2.05) is 31.2 Å². The first-order chi connectivity index (χ1) is 17.2. The largest absolute Gasteiger partial charge is 0.504 e. The number of phenols is 1. The van der Waals surface area contributed by atoms with Crippen molar-refractivity contribution >= 4 is 23.4 Å². The van der Waals surface area contributed by atoms with Gasteiger partial charge in [-0.3, -0.25) is 9.36 Å². The van der Waals surface area contributed by atoms with Crippen molar-refractivity contribution in [2.75, 3.05) is 13.7 Å². The number of aromatic nitrogens is 1. The van der Waals surface area contributed by atoms with Crippen LogP contribution in [0, 0.1) is 0 Å². The van der Waals surface area contributed by atoms with Crippen LogP contribution < -0.4 is 24.4 Å². The van der Waals surface area contributed by atoms with Gasteiger partial charge in [-0.15, -0.1) is 0 Å². The lowest BCUT2D eigenvalue weighted by atomic mass is 9.96. The van der Waals surface area contributed by atoms with Gasteiger partial charge in [-0.25, -0.2) is 9.79 Å². The second kappa shape index (κ2) is 10.4. The molecule has 8 nitrogen and oxygen atoms in total. The Labute approximate surface area is 212 Å². The first-order valence-electron chi connectivity index (χ1n) is 11.6. The summed E-state index contributed by atoms with van der Waals surface area (Å²) in [6.07, 6.45) is 1.39. The van der Waals surface area contributed by atoms with E-state index in [-0.39, 0.29) is 17.4 Å². The van der Waals surface area contributed by atoms with E-state index in [0.717, 1.165) is 5.56 Å². The van der Waals surface area contributed by atoms with Crippen molar-refractivity contribution in [2.24, 2.45) is 4.99 Å². The zero-order valence-electron chi connectivity index (χ0n) is 20.8. The molecule has 9 heteroatoms. The minimum absolute atomic E-state index is 0.00976. The first kappa shape index (κ1) is 25.2. The van der Waals surface area contributed by atoms with Crippen LogP contribution in [0.3, 0.4) is 0 Å². The molecule has 0 aliphatic carbocycles. The number of methoxy groups -OCH3 is 1. The molecule has 0 bridgehead atoms. The number of ether oxygens (including phenoxy) is 3. The number of thiazole rings is 1. The summed E-state index contributed by atoms with van der Waals surface area (Å²) >= 11 is 1.23. The molecule has 2 aromatic carbocycles. The van der Waals surface area contributed by atoms with Gasteiger partial charge >= 0.3 is 5.97 Å². The first-order valence-corrected chi connectivity index (χ1v) is 12.4. The zero-order valence-corrected chi connectivity index (χ0v) is 21.6. The Bertz CT molecular complexity index is 1500. The van der Waals surface area contributed by atoms with Crippen molar-refractivity contribution in [3.8, 4) is 17.2 Å². The fourth-order valence-electron chi connectivity index (χ4n) is 4.02. The number of hydrogen-bond donors (Lipinski definition) is 1. The average molecular weight is 509 g/mol.